The van der Waals surface area contributed by atoms with Crippen LogP contribution in [-0.2, 0) is 4.79 Å². The first kappa shape index (κ1) is 8.96. The Morgan fingerprint density at radius 3 is 3.23 bits per heavy atom. The number of thioether (sulfide) groups is 1. The third-order valence-electron chi connectivity index (χ3n) is 1.86. The lowest BCUT2D eigenvalue weighted by Crippen LogP contribution is -2.32. The van der Waals surface area contributed by atoms with Crippen molar-refractivity contribution in [3.05, 3.63) is 5.51 Å². The maximum Gasteiger partial charge on any atom is 0.239 e. The summed E-state index contributed by atoms with van der Waals surface area (Å²) in [6, 6.07) is 0. The molecule has 1 saturated heterocycles. The summed E-state index contributed by atoms with van der Waals surface area (Å²) in [7, 11) is 0. The minimum atomic E-state index is 0.147. The van der Waals surface area contributed by atoms with E-state index in [1.54, 1.807) is 22.2 Å². The van der Waals surface area contributed by atoms with Crippen LogP contribution in [0.2, 0.25) is 0 Å². The van der Waals surface area contributed by atoms with Crippen molar-refractivity contribution in [1.82, 2.24) is 10.2 Å². The summed E-state index contributed by atoms with van der Waals surface area (Å²) in [4.78, 5) is 13.2. The maximum atomic E-state index is 11.5. The summed E-state index contributed by atoms with van der Waals surface area (Å²) < 4.78 is 0. The molecule has 1 amide bonds. The first-order valence-corrected chi connectivity index (χ1v) is 5.95. The standard InChI is InChI=1S/C7H9N3OS2/c1-2-6-10(5(11)3-12-6)7-9-8-4-13-7/h4,6H,2-3H2,1H3/t6-/m1/s1. The number of amides is 1. The summed E-state index contributed by atoms with van der Waals surface area (Å²) in [6.07, 6.45) is 0.954. The molecule has 1 aliphatic heterocycles. The molecular formula is C7H9N3OS2. The number of nitrogens with zero attached hydrogens (tertiary/aromatic N) is 3. The monoisotopic (exact) mass is 215 g/mol. The molecule has 0 aromatic carbocycles. The van der Waals surface area contributed by atoms with E-state index in [2.05, 4.69) is 17.1 Å². The second-order valence-electron chi connectivity index (χ2n) is 2.66. The maximum absolute atomic E-state index is 11.5. The highest BCUT2D eigenvalue weighted by Gasteiger charge is 2.33. The van der Waals surface area contributed by atoms with Crippen molar-refractivity contribution in [2.24, 2.45) is 0 Å². The third-order valence-corrected chi connectivity index (χ3v) is 3.89. The van der Waals surface area contributed by atoms with Gasteiger partial charge in [-0.2, -0.15) is 0 Å². The van der Waals surface area contributed by atoms with Crippen LogP contribution in [0.1, 0.15) is 13.3 Å². The van der Waals surface area contributed by atoms with Gasteiger partial charge in [0, 0.05) is 0 Å². The fourth-order valence-corrected chi connectivity index (χ4v) is 3.04. The van der Waals surface area contributed by atoms with E-state index in [-0.39, 0.29) is 11.3 Å². The van der Waals surface area contributed by atoms with Gasteiger partial charge in [0.2, 0.25) is 11.0 Å². The SMILES string of the molecule is CC[C@H]1SCC(=O)N1c1nncs1. The van der Waals surface area contributed by atoms with Gasteiger partial charge in [0.1, 0.15) is 5.51 Å². The zero-order valence-electron chi connectivity index (χ0n) is 7.14. The Balaban J connectivity index is 2.25. The smallest absolute Gasteiger partial charge is 0.239 e. The summed E-state index contributed by atoms with van der Waals surface area (Å²) in [5.41, 5.74) is 1.65. The van der Waals surface area contributed by atoms with Crippen LogP contribution in [0.25, 0.3) is 0 Å². The van der Waals surface area contributed by atoms with Gasteiger partial charge in [-0.15, -0.1) is 22.0 Å². The fourth-order valence-electron chi connectivity index (χ4n) is 1.27. The van der Waals surface area contributed by atoms with E-state index in [0.29, 0.717) is 5.75 Å². The molecule has 1 aliphatic rings. The number of hydrogen-bond donors (Lipinski definition) is 0. The van der Waals surface area contributed by atoms with Gasteiger partial charge in [-0.3, -0.25) is 9.69 Å². The molecule has 6 heteroatoms. The van der Waals surface area contributed by atoms with Crippen LogP contribution in [0.5, 0.6) is 0 Å². The number of carbonyl (C=O) groups excluding carboxylic acids is 1. The van der Waals surface area contributed by atoms with E-state index in [1.807, 2.05) is 0 Å². The van der Waals surface area contributed by atoms with Crippen molar-refractivity contribution < 1.29 is 4.79 Å². The molecule has 0 unspecified atom stereocenters. The summed E-state index contributed by atoms with van der Waals surface area (Å²) in [5, 5.41) is 8.62. The summed E-state index contributed by atoms with van der Waals surface area (Å²) in [5.74, 6) is 0.714. The van der Waals surface area contributed by atoms with Gasteiger partial charge in [0.05, 0.1) is 11.1 Å². The van der Waals surface area contributed by atoms with Gasteiger partial charge in [-0.1, -0.05) is 18.3 Å². The quantitative estimate of drug-likeness (QED) is 0.747. The summed E-state index contributed by atoms with van der Waals surface area (Å²) in [6.45, 7) is 2.07. The minimum Gasteiger partial charge on any atom is -0.273 e. The average Bonchev–Trinajstić information content (AvgIpc) is 2.72. The zero-order valence-corrected chi connectivity index (χ0v) is 8.77. The molecule has 2 rings (SSSR count). The zero-order chi connectivity index (χ0) is 9.26. The average molecular weight is 215 g/mol. The van der Waals surface area contributed by atoms with Crippen molar-refractivity contribution >= 4 is 34.1 Å². The third kappa shape index (κ3) is 1.55. The molecule has 0 spiro atoms. The topological polar surface area (TPSA) is 46.1 Å². The Morgan fingerprint density at radius 1 is 1.77 bits per heavy atom. The van der Waals surface area contributed by atoms with E-state index in [0.717, 1.165) is 11.6 Å². The molecule has 1 fully saturated rings. The van der Waals surface area contributed by atoms with Crippen molar-refractivity contribution in [2.45, 2.75) is 18.7 Å². The number of carbonyl (C=O) groups is 1. The number of hydrogen-bond acceptors (Lipinski definition) is 5. The minimum absolute atomic E-state index is 0.147. The van der Waals surface area contributed by atoms with Gasteiger partial charge in [-0.05, 0) is 6.42 Å². The molecule has 1 aromatic rings. The lowest BCUT2D eigenvalue weighted by molar-refractivity contribution is -0.115. The first-order valence-electron chi connectivity index (χ1n) is 4.02. The number of aromatic nitrogens is 2. The molecule has 1 atom stereocenters. The lowest BCUT2D eigenvalue weighted by Gasteiger charge is -2.18. The second-order valence-corrected chi connectivity index (χ2v) is 4.64. The molecule has 0 radical (unpaired) electrons. The highest BCUT2D eigenvalue weighted by Crippen LogP contribution is 2.32. The molecule has 0 N–H and O–H groups in total. The van der Waals surface area contributed by atoms with E-state index < -0.39 is 0 Å². The van der Waals surface area contributed by atoms with Crippen LogP contribution in [0.3, 0.4) is 0 Å². The first-order chi connectivity index (χ1) is 6.33. The van der Waals surface area contributed by atoms with Crippen LogP contribution in [0.15, 0.2) is 5.51 Å². The fraction of sp³-hybridized carbons (Fsp3) is 0.571. The molecule has 4 nitrogen and oxygen atoms in total. The molecule has 1 aromatic heterocycles. The molecule has 0 saturated carbocycles. The molecule has 2 heterocycles. The Hall–Kier alpha value is -0.620. The van der Waals surface area contributed by atoms with E-state index in [1.165, 1.54) is 11.3 Å². The molecule has 70 valence electrons. The van der Waals surface area contributed by atoms with Crippen molar-refractivity contribution in [3.8, 4) is 0 Å². The van der Waals surface area contributed by atoms with Crippen LogP contribution in [0.4, 0.5) is 5.13 Å². The lowest BCUT2D eigenvalue weighted by atomic mass is 10.4. The summed E-state index contributed by atoms with van der Waals surface area (Å²) >= 11 is 3.08. The largest absolute Gasteiger partial charge is 0.273 e. The van der Waals surface area contributed by atoms with E-state index in [4.69, 9.17) is 0 Å². The number of anilines is 1. The molecule has 13 heavy (non-hydrogen) atoms. The molecule has 0 aliphatic carbocycles. The molecule has 0 bridgehead atoms. The molecular weight excluding hydrogens is 206 g/mol. The Kier molecular flexibility index (Phi) is 2.50. The normalized spacial score (nSPS) is 22.7. The number of rotatable bonds is 2. The van der Waals surface area contributed by atoms with Gasteiger partial charge < -0.3 is 0 Å². The van der Waals surface area contributed by atoms with Gasteiger partial charge >= 0.3 is 0 Å². The van der Waals surface area contributed by atoms with E-state index in [9.17, 15) is 4.79 Å². The van der Waals surface area contributed by atoms with Crippen molar-refractivity contribution in [1.29, 1.82) is 0 Å². The highest BCUT2D eigenvalue weighted by molar-refractivity contribution is 8.01. The van der Waals surface area contributed by atoms with Crippen molar-refractivity contribution in [3.63, 3.8) is 0 Å². The van der Waals surface area contributed by atoms with Gasteiger partial charge in [0.15, 0.2) is 0 Å². The van der Waals surface area contributed by atoms with Crippen LogP contribution in [-0.4, -0.2) is 27.2 Å². The van der Waals surface area contributed by atoms with Gasteiger partial charge in [-0.25, -0.2) is 0 Å². The predicted molar refractivity (Wildman–Crippen MR) is 53.9 cm³/mol. The Labute approximate surface area is 84.3 Å². The van der Waals surface area contributed by atoms with Crippen LogP contribution < -0.4 is 4.90 Å². The van der Waals surface area contributed by atoms with Crippen molar-refractivity contribution in [2.75, 3.05) is 10.7 Å². The second kappa shape index (κ2) is 3.63. The predicted octanol–water partition coefficient (Wildman–Crippen LogP) is 1.35. The van der Waals surface area contributed by atoms with Crippen LogP contribution >= 0.6 is 23.1 Å². The highest BCUT2D eigenvalue weighted by atomic mass is 32.2. The Bertz CT molecular complexity index is 301. The van der Waals surface area contributed by atoms with Gasteiger partial charge in [0.25, 0.3) is 0 Å². The van der Waals surface area contributed by atoms with Crippen LogP contribution in [0, 0.1) is 0 Å². The Morgan fingerprint density at radius 2 is 2.62 bits per heavy atom. The van der Waals surface area contributed by atoms with E-state index >= 15 is 0 Å².